The number of aliphatic imine (C=N–C) groups is 1. The van der Waals surface area contributed by atoms with E-state index in [0.29, 0.717) is 0 Å². The second kappa shape index (κ2) is 6.48. The number of fused-ring (bicyclic) bond motifs is 1. The van der Waals surface area contributed by atoms with E-state index in [1.165, 1.54) is 41.1 Å². The van der Waals surface area contributed by atoms with Crippen LogP contribution < -0.4 is 0 Å². The Bertz CT molecular complexity index is 774. The van der Waals surface area contributed by atoms with Crippen LogP contribution in [0.4, 0.5) is 0 Å². The van der Waals surface area contributed by atoms with E-state index < -0.39 is 0 Å². The van der Waals surface area contributed by atoms with Crippen LogP contribution in [0.5, 0.6) is 0 Å². The molecule has 0 saturated heterocycles. The van der Waals surface area contributed by atoms with E-state index in [0.717, 1.165) is 50.6 Å². The van der Waals surface area contributed by atoms with Gasteiger partial charge in [-0.1, -0.05) is 0 Å². The highest BCUT2D eigenvalue weighted by Gasteiger charge is 2.21. The molecule has 0 bridgehead atoms. The maximum absolute atomic E-state index is 4.83. The first-order valence-corrected chi connectivity index (χ1v) is 8.95. The van der Waals surface area contributed by atoms with Crippen molar-refractivity contribution in [3.8, 4) is 0 Å². The molecule has 0 atom stereocenters. The first-order valence-electron chi connectivity index (χ1n) is 8.95. The van der Waals surface area contributed by atoms with E-state index in [1.54, 1.807) is 0 Å². The zero-order valence-corrected chi connectivity index (χ0v) is 14.6. The lowest BCUT2D eigenvalue weighted by molar-refractivity contribution is 0.242. The van der Waals surface area contributed by atoms with Crippen molar-refractivity contribution in [3.05, 3.63) is 46.3 Å². The molecule has 0 fully saturated rings. The predicted octanol–water partition coefficient (Wildman–Crippen LogP) is 2.95. The molecular weight excluding hydrogens is 298 g/mol. The number of aryl methyl sites for hydroxylation is 2. The second-order valence-corrected chi connectivity index (χ2v) is 7.01. The molecular formula is C19H25N5. The molecule has 126 valence electrons. The lowest BCUT2D eigenvalue weighted by Gasteiger charge is -2.28. The molecule has 2 aromatic rings. The average molecular weight is 323 g/mol. The Labute approximate surface area is 143 Å². The van der Waals surface area contributed by atoms with Gasteiger partial charge in [-0.05, 0) is 44.7 Å². The fourth-order valence-corrected chi connectivity index (χ4v) is 3.72. The molecule has 4 heterocycles. The van der Waals surface area contributed by atoms with E-state index in [2.05, 4.69) is 39.8 Å². The Balaban J connectivity index is 1.49. The van der Waals surface area contributed by atoms with E-state index in [1.807, 2.05) is 6.20 Å². The number of hydrogen-bond acceptors (Lipinski definition) is 4. The van der Waals surface area contributed by atoms with Crippen molar-refractivity contribution in [2.45, 2.75) is 52.6 Å². The zero-order chi connectivity index (χ0) is 16.5. The summed E-state index contributed by atoms with van der Waals surface area (Å²) in [5.41, 5.74) is 7.49. The average Bonchev–Trinajstić information content (AvgIpc) is 2.92. The maximum atomic E-state index is 4.83. The minimum absolute atomic E-state index is 0.860. The molecule has 5 heteroatoms. The normalized spacial score (nSPS) is 18.3. The van der Waals surface area contributed by atoms with Gasteiger partial charge < -0.3 is 4.98 Å². The van der Waals surface area contributed by atoms with Crippen LogP contribution in [0.1, 0.15) is 53.3 Å². The molecule has 0 spiro atoms. The third kappa shape index (κ3) is 3.13. The number of nitrogens with one attached hydrogen (secondary N) is 1. The van der Waals surface area contributed by atoms with Crippen LogP contribution in [0.2, 0.25) is 0 Å². The molecule has 5 nitrogen and oxygen atoms in total. The van der Waals surface area contributed by atoms with Crippen molar-refractivity contribution in [2.24, 2.45) is 4.99 Å². The molecule has 0 aromatic carbocycles. The minimum Gasteiger partial charge on any atom is -0.362 e. The molecule has 24 heavy (non-hydrogen) atoms. The fraction of sp³-hybridized carbons (Fsp3) is 0.526. The Morgan fingerprint density at radius 1 is 1.21 bits per heavy atom. The van der Waals surface area contributed by atoms with Gasteiger partial charge in [0.25, 0.3) is 0 Å². The summed E-state index contributed by atoms with van der Waals surface area (Å²) < 4.78 is 0. The monoisotopic (exact) mass is 323 g/mol. The zero-order valence-electron chi connectivity index (χ0n) is 14.6. The number of hydrogen-bond donors (Lipinski definition) is 1. The van der Waals surface area contributed by atoms with E-state index in [-0.39, 0.29) is 0 Å². The summed E-state index contributed by atoms with van der Waals surface area (Å²) in [5, 5.41) is 0. The number of H-pyrrole nitrogens is 1. The van der Waals surface area contributed by atoms with Crippen molar-refractivity contribution in [2.75, 3.05) is 13.1 Å². The topological polar surface area (TPSA) is 57.2 Å². The molecule has 2 aliphatic rings. The van der Waals surface area contributed by atoms with Gasteiger partial charge in [0.1, 0.15) is 0 Å². The molecule has 0 aliphatic carbocycles. The van der Waals surface area contributed by atoms with Crippen LogP contribution >= 0.6 is 0 Å². The van der Waals surface area contributed by atoms with Crippen LogP contribution in [0, 0.1) is 13.8 Å². The Morgan fingerprint density at radius 2 is 2.12 bits per heavy atom. The highest BCUT2D eigenvalue weighted by atomic mass is 15.1. The van der Waals surface area contributed by atoms with Gasteiger partial charge in [-0.25, -0.2) is 9.97 Å². The van der Waals surface area contributed by atoms with Crippen LogP contribution in [0.15, 0.2) is 17.3 Å². The van der Waals surface area contributed by atoms with Gasteiger partial charge in [-0.2, -0.15) is 0 Å². The van der Waals surface area contributed by atoms with Gasteiger partial charge in [0.15, 0.2) is 5.82 Å². The third-order valence-corrected chi connectivity index (χ3v) is 5.05. The summed E-state index contributed by atoms with van der Waals surface area (Å²) in [5.74, 6) is 0.860. The van der Waals surface area contributed by atoms with Crippen LogP contribution in [0.25, 0.3) is 0 Å². The molecule has 0 radical (unpaired) electrons. The number of nitrogens with zero attached hydrogens (tertiary/aromatic N) is 4. The highest BCUT2D eigenvalue weighted by molar-refractivity contribution is 5.97. The Hall–Kier alpha value is -2.01. The summed E-state index contributed by atoms with van der Waals surface area (Å²) in [6.07, 6.45) is 6.46. The van der Waals surface area contributed by atoms with Gasteiger partial charge in [0.05, 0.1) is 11.4 Å². The molecule has 2 aromatic heterocycles. The van der Waals surface area contributed by atoms with Gasteiger partial charge in [-0.15, -0.1) is 0 Å². The standard InChI is InChI=1S/C19H25N5/c1-13-9-15(14(2)22-13)11-24-8-6-17-16(12-24)10-21-19(23-17)18-5-3-4-7-20-18/h9-10,22H,3-8,11-12H2,1-2H3. The van der Waals surface area contributed by atoms with Crippen LogP contribution in [0.3, 0.4) is 0 Å². The van der Waals surface area contributed by atoms with E-state index in [9.17, 15) is 0 Å². The smallest absolute Gasteiger partial charge is 0.173 e. The fourth-order valence-electron chi connectivity index (χ4n) is 3.72. The molecule has 0 unspecified atom stereocenters. The van der Waals surface area contributed by atoms with Gasteiger partial charge in [0, 0.05) is 55.7 Å². The third-order valence-electron chi connectivity index (χ3n) is 5.05. The van der Waals surface area contributed by atoms with E-state index in [4.69, 9.17) is 4.98 Å². The van der Waals surface area contributed by atoms with Crippen LogP contribution in [-0.4, -0.2) is 38.7 Å². The van der Waals surface area contributed by atoms with Gasteiger partial charge in [-0.3, -0.25) is 9.89 Å². The molecule has 1 N–H and O–H groups in total. The molecule has 0 amide bonds. The summed E-state index contributed by atoms with van der Waals surface area (Å²) in [4.78, 5) is 19.9. The number of aromatic amines is 1. The summed E-state index contributed by atoms with van der Waals surface area (Å²) in [6, 6.07) is 2.26. The Morgan fingerprint density at radius 3 is 2.88 bits per heavy atom. The molecule has 0 saturated carbocycles. The molecule has 2 aliphatic heterocycles. The second-order valence-electron chi connectivity index (χ2n) is 7.01. The van der Waals surface area contributed by atoms with Crippen molar-refractivity contribution >= 4 is 5.71 Å². The highest BCUT2D eigenvalue weighted by Crippen LogP contribution is 2.21. The summed E-state index contributed by atoms with van der Waals surface area (Å²) in [6.45, 7) is 8.18. The maximum Gasteiger partial charge on any atom is 0.173 e. The lowest BCUT2D eigenvalue weighted by atomic mass is 10.0. The Kier molecular flexibility index (Phi) is 4.19. The SMILES string of the molecule is Cc1cc(CN2CCc3nc(C4=NCCCC4)ncc3C2)c(C)[nH]1. The van der Waals surface area contributed by atoms with Crippen LogP contribution in [-0.2, 0) is 19.5 Å². The first kappa shape index (κ1) is 15.5. The quantitative estimate of drug-likeness (QED) is 0.945. The summed E-state index contributed by atoms with van der Waals surface area (Å²) >= 11 is 0. The van der Waals surface area contributed by atoms with Crippen molar-refractivity contribution in [1.29, 1.82) is 0 Å². The number of rotatable bonds is 3. The van der Waals surface area contributed by atoms with Crippen molar-refractivity contribution in [1.82, 2.24) is 19.9 Å². The largest absolute Gasteiger partial charge is 0.362 e. The van der Waals surface area contributed by atoms with E-state index >= 15 is 0 Å². The predicted molar refractivity (Wildman–Crippen MR) is 95.4 cm³/mol. The molecule has 4 rings (SSSR count). The first-order chi connectivity index (χ1) is 11.7. The number of aromatic nitrogens is 3. The van der Waals surface area contributed by atoms with Gasteiger partial charge >= 0.3 is 0 Å². The lowest BCUT2D eigenvalue weighted by Crippen LogP contribution is -2.31. The van der Waals surface area contributed by atoms with Crippen molar-refractivity contribution in [3.63, 3.8) is 0 Å². The van der Waals surface area contributed by atoms with Crippen molar-refractivity contribution < 1.29 is 0 Å². The minimum atomic E-state index is 0.860. The van der Waals surface area contributed by atoms with Gasteiger partial charge in [0.2, 0.25) is 0 Å². The summed E-state index contributed by atoms with van der Waals surface area (Å²) in [7, 11) is 0.